The van der Waals surface area contributed by atoms with E-state index in [9.17, 15) is 13.2 Å². The lowest BCUT2D eigenvalue weighted by Crippen LogP contribution is -2.47. The van der Waals surface area contributed by atoms with Crippen LogP contribution in [0.5, 0.6) is 5.75 Å². The molecule has 1 aromatic carbocycles. The lowest BCUT2D eigenvalue weighted by Gasteiger charge is -2.46. The molecule has 2 heterocycles. The van der Waals surface area contributed by atoms with Gasteiger partial charge in [0.15, 0.2) is 0 Å². The molecule has 1 aromatic rings. The molecule has 2 bridgehead atoms. The monoisotopic (exact) mass is 550 g/mol. The zero-order valence-corrected chi connectivity index (χ0v) is 24.1. The van der Waals surface area contributed by atoms with Crippen LogP contribution in [-0.4, -0.2) is 39.8 Å². The van der Waals surface area contributed by atoms with Gasteiger partial charge < -0.3 is 9.64 Å². The standard InChI is InChI=1S/C32H42N2O4S/c1-4-10-28-24(5-2)12-9-17-32(28)21-34-20-26-13-15-27(26)23(3)11-7-6-8-18-39(36,37)33-31(35)25-14-16-30(38-22-32)29(34)19-25/h4-5,7,10-11,14,16,19,23,26-27H,2,6,8-9,12-13,15,17-18,20-22H2,1,3H3,(H,33,35)/b10-4-,11-7+. The van der Waals surface area contributed by atoms with Crippen molar-refractivity contribution in [3.8, 4) is 5.75 Å². The van der Waals surface area contributed by atoms with Gasteiger partial charge in [0.25, 0.3) is 5.91 Å². The third kappa shape index (κ3) is 5.74. The molecule has 1 spiro atoms. The number of rotatable bonds is 2. The van der Waals surface area contributed by atoms with Crippen LogP contribution in [0.2, 0.25) is 0 Å². The summed E-state index contributed by atoms with van der Waals surface area (Å²) in [5, 5.41) is 0. The first-order valence-electron chi connectivity index (χ1n) is 14.5. The molecule has 0 radical (unpaired) electrons. The van der Waals surface area contributed by atoms with E-state index in [4.69, 9.17) is 4.74 Å². The van der Waals surface area contributed by atoms with Crippen LogP contribution in [0.3, 0.4) is 0 Å². The number of anilines is 1. The first-order chi connectivity index (χ1) is 18.7. The predicted molar refractivity (Wildman–Crippen MR) is 157 cm³/mol. The van der Waals surface area contributed by atoms with Crippen molar-refractivity contribution in [2.75, 3.05) is 30.3 Å². The smallest absolute Gasteiger partial charge is 0.264 e. The lowest BCUT2D eigenvalue weighted by atomic mass is 9.66. The van der Waals surface area contributed by atoms with E-state index in [1.807, 2.05) is 18.2 Å². The highest BCUT2D eigenvalue weighted by Gasteiger charge is 2.44. The number of hydrogen-bond acceptors (Lipinski definition) is 5. The van der Waals surface area contributed by atoms with E-state index < -0.39 is 15.9 Å². The molecule has 0 saturated heterocycles. The Morgan fingerprint density at radius 2 is 2.08 bits per heavy atom. The molecular formula is C32H42N2O4S. The molecule has 2 aliphatic heterocycles. The fourth-order valence-corrected chi connectivity index (χ4v) is 8.05. The summed E-state index contributed by atoms with van der Waals surface area (Å²) in [5.74, 6) is 1.68. The first kappa shape index (κ1) is 27.8. The summed E-state index contributed by atoms with van der Waals surface area (Å²) in [6.45, 7) is 10.7. The number of nitrogens with zero attached hydrogens (tertiary/aromatic N) is 1. The largest absolute Gasteiger partial charge is 0.490 e. The van der Waals surface area contributed by atoms with E-state index in [1.165, 1.54) is 24.0 Å². The number of hydrogen-bond donors (Lipinski definition) is 1. The number of benzene rings is 1. The summed E-state index contributed by atoms with van der Waals surface area (Å²) in [6.07, 6.45) is 17.4. The summed E-state index contributed by atoms with van der Waals surface area (Å²) in [6, 6.07) is 5.35. The average molecular weight is 551 g/mol. The highest BCUT2D eigenvalue weighted by molar-refractivity contribution is 7.90. The average Bonchev–Trinajstić information content (AvgIpc) is 3.04. The van der Waals surface area contributed by atoms with E-state index in [1.54, 1.807) is 6.07 Å². The third-order valence-corrected chi connectivity index (χ3v) is 10.6. The molecule has 2 aliphatic carbocycles. The summed E-state index contributed by atoms with van der Waals surface area (Å²) < 4.78 is 34.1. The van der Waals surface area contributed by atoms with Crippen LogP contribution in [0.1, 0.15) is 69.2 Å². The lowest BCUT2D eigenvalue weighted by molar-refractivity contribution is 0.0981. The first-order valence-corrected chi connectivity index (χ1v) is 16.1. The number of ether oxygens (including phenoxy) is 1. The highest BCUT2D eigenvalue weighted by Crippen LogP contribution is 2.49. The normalized spacial score (nSPS) is 32.0. The van der Waals surface area contributed by atoms with E-state index in [0.717, 1.165) is 43.8 Å². The van der Waals surface area contributed by atoms with Crippen LogP contribution >= 0.6 is 0 Å². The molecule has 6 nitrogen and oxygen atoms in total. The third-order valence-electron chi connectivity index (χ3n) is 9.24. The molecule has 1 amide bonds. The Hall–Kier alpha value is -2.80. The van der Waals surface area contributed by atoms with Gasteiger partial charge in [-0.2, -0.15) is 0 Å². The van der Waals surface area contributed by atoms with E-state index in [-0.39, 0.29) is 11.2 Å². The van der Waals surface area contributed by atoms with Crippen LogP contribution in [0.25, 0.3) is 0 Å². The van der Waals surface area contributed by atoms with Gasteiger partial charge in [0.05, 0.1) is 18.0 Å². The number of nitrogens with one attached hydrogen (secondary N) is 1. The second-order valence-electron chi connectivity index (χ2n) is 11.8. The number of carbonyl (C=O) groups is 1. The van der Waals surface area contributed by atoms with Gasteiger partial charge in [0, 0.05) is 24.1 Å². The Balaban J connectivity index is 1.58. The maximum atomic E-state index is 13.1. The van der Waals surface area contributed by atoms with Gasteiger partial charge in [0.1, 0.15) is 5.75 Å². The topological polar surface area (TPSA) is 75.7 Å². The molecule has 4 aliphatic rings. The van der Waals surface area contributed by atoms with Gasteiger partial charge in [0.2, 0.25) is 10.0 Å². The molecule has 0 aromatic heterocycles. The van der Waals surface area contributed by atoms with Crippen molar-refractivity contribution in [3.05, 3.63) is 71.9 Å². The molecule has 5 rings (SSSR count). The van der Waals surface area contributed by atoms with Crippen molar-refractivity contribution in [2.24, 2.45) is 23.2 Å². The van der Waals surface area contributed by atoms with Crippen molar-refractivity contribution in [1.29, 1.82) is 0 Å². The molecule has 7 heteroatoms. The summed E-state index contributed by atoms with van der Waals surface area (Å²) in [7, 11) is -3.72. The minimum Gasteiger partial charge on any atom is -0.490 e. The van der Waals surface area contributed by atoms with E-state index >= 15 is 0 Å². The fraction of sp³-hybridized carbons (Fsp3) is 0.531. The Kier molecular flexibility index (Phi) is 8.08. The number of allylic oxidation sites excluding steroid dienone is 6. The molecule has 4 unspecified atom stereocenters. The van der Waals surface area contributed by atoms with Gasteiger partial charge in [-0.05, 0) is 99.0 Å². The minimum atomic E-state index is -3.72. The Labute approximate surface area is 233 Å². The van der Waals surface area contributed by atoms with Crippen LogP contribution in [0.15, 0.2) is 66.3 Å². The number of sulfonamides is 1. The molecule has 210 valence electrons. The molecule has 4 atom stereocenters. The highest BCUT2D eigenvalue weighted by atomic mass is 32.2. The minimum absolute atomic E-state index is 0.0715. The zero-order valence-electron chi connectivity index (χ0n) is 23.3. The van der Waals surface area contributed by atoms with Crippen LogP contribution in [0.4, 0.5) is 5.69 Å². The number of amides is 1. The van der Waals surface area contributed by atoms with Crippen LogP contribution in [0, 0.1) is 23.2 Å². The Morgan fingerprint density at radius 3 is 2.82 bits per heavy atom. The maximum Gasteiger partial charge on any atom is 0.264 e. The number of carbonyl (C=O) groups excluding carboxylic acids is 1. The fourth-order valence-electron chi connectivity index (χ4n) is 7.00. The van der Waals surface area contributed by atoms with Gasteiger partial charge in [-0.1, -0.05) is 43.9 Å². The molecule has 1 saturated carbocycles. The van der Waals surface area contributed by atoms with Crippen molar-refractivity contribution in [1.82, 2.24) is 4.72 Å². The van der Waals surface area contributed by atoms with Crippen LogP contribution in [-0.2, 0) is 10.0 Å². The van der Waals surface area contributed by atoms with Gasteiger partial charge >= 0.3 is 0 Å². The van der Waals surface area contributed by atoms with Crippen molar-refractivity contribution in [3.63, 3.8) is 0 Å². The van der Waals surface area contributed by atoms with Crippen molar-refractivity contribution < 1.29 is 17.9 Å². The Bertz CT molecular complexity index is 1310. The van der Waals surface area contributed by atoms with Gasteiger partial charge in [-0.15, -0.1) is 0 Å². The molecule has 1 N–H and O–H groups in total. The van der Waals surface area contributed by atoms with Crippen molar-refractivity contribution in [2.45, 2.75) is 58.8 Å². The Morgan fingerprint density at radius 1 is 1.23 bits per heavy atom. The SMILES string of the molecule is C=CC1=C(/C=C\C)C2(CCC1)COc1ccc3cc1N(CC1CCC1C(C)/C=C/CCCS(=O)(=O)NC3=O)C2. The summed E-state index contributed by atoms with van der Waals surface area (Å²) >= 11 is 0. The molecular weight excluding hydrogens is 508 g/mol. The summed E-state index contributed by atoms with van der Waals surface area (Å²) in [4.78, 5) is 15.5. The summed E-state index contributed by atoms with van der Waals surface area (Å²) in [5.41, 5.74) is 3.62. The van der Waals surface area contributed by atoms with Crippen molar-refractivity contribution >= 4 is 21.6 Å². The van der Waals surface area contributed by atoms with Gasteiger partial charge in [-0.3, -0.25) is 4.79 Å². The maximum absolute atomic E-state index is 13.1. The quantitative estimate of drug-likeness (QED) is 0.445. The molecule has 39 heavy (non-hydrogen) atoms. The van der Waals surface area contributed by atoms with E-state index in [0.29, 0.717) is 42.8 Å². The van der Waals surface area contributed by atoms with E-state index in [2.05, 4.69) is 54.4 Å². The predicted octanol–water partition coefficient (Wildman–Crippen LogP) is 6.19. The second kappa shape index (κ2) is 11.4. The van der Waals surface area contributed by atoms with Crippen LogP contribution < -0.4 is 14.4 Å². The zero-order chi connectivity index (χ0) is 27.6. The molecule has 1 fully saturated rings. The van der Waals surface area contributed by atoms with Gasteiger partial charge in [-0.25, -0.2) is 13.1 Å². The second-order valence-corrected chi connectivity index (χ2v) is 13.7. The number of fused-ring (bicyclic) bond motifs is 2.